The summed E-state index contributed by atoms with van der Waals surface area (Å²) in [4.78, 5) is 2.36. The maximum Gasteiger partial charge on any atom is 0.167 e. The Hall–Kier alpha value is -1.45. The number of benzene rings is 1. The standard InChI is InChI=1S/C17H27FN2O/c1-4-21-17-10-16(15(19)9-14(17)18)20(11-12(2)3)13-7-5-6-8-13/h9-10,12-13H,4-8,11,19H2,1-3H3. The first-order valence-electron chi connectivity index (χ1n) is 8.01. The van der Waals surface area contributed by atoms with Gasteiger partial charge in [0.25, 0.3) is 0 Å². The van der Waals surface area contributed by atoms with E-state index in [4.69, 9.17) is 10.5 Å². The van der Waals surface area contributed by atoms with Crippen molar-refractivity contribution in [1.29, 1.82) is 0 Å². The normalized spacial score (nSPS) is 15.7. The van der Waals surface area contributed by atoms with Gasteiger partial charge in [0.2, 0.25) is 0 Å². The van der Waals surface area contributed by atoms with Gasteiger partial charge < -0.3 is 15.4 Å². The van der Waals surface area contributed by atoms with E-state index < -0.39 is 0 Å². The lowest BCUT2D eigenvalue weighted by Gasteiger charge is -2.34. The SMILES string of the molecule is CCOc1cc(N(CC(C)C)C2CCCC2)c(N)cc1F. The molecule has 0 aromatic heterocycles. The number of hydrogen-bond donors (Lipinski definition) is 1. The zero-order chi connectivity index (χ0) is 15.4. The highest BCUT2D eigenvalue weighted by Gasteiger charge is 2.26. The van der Waals surface area contributed by atoms with Crippen molar-refractivity contribution in [3.05, 3.63) is 17.9 Å². The van der Waals surface area contributed by atoms with E-state index >= 15 is 0 Å². The minimum Gasteiger partial charge on any atom is -0.491 e. The molecule has 0 aliphatic heterocycles. The van der Waals surface area contributed by atoms with Crippen molar-refractivity contribution in [3.63, 3.8) is 0 Å². The van der Waals surface area contributed by atoms with E-state index in [0.29, 0.717) is 30.0 Å². The third-order valence-corrected chi connectivity index (χ3v) is 4.02. The Morgan fingerprint density at radius 3 is 2.57 bits per heavy atom. The number of rotatable bonds is 6. The molecule has 0 unspecified atom stereocenters. The van der Waals surface area contributed by atoms with Gasteiger partial charge in [0, 0.05) is 24.7 Å². The van der Waals surface area contributed by atoms with Crippen LogP contribution in [0.3, 0.4) is 0 Å². The molecule has 4 heteroatoms. The van der Waals surface area contributed by atoms with Gasteiger partial charge in [-0.1, -0.05) is 26.7 Å². The molecule has 0 radical (unpaired) electrons. The van der Waals surface area contributed by atoms with Crippen LogP contribution in [0.15, 0.2) is 12.1 Å². The third kappa shape index (κ3) is 3.80. The maximum absolute atomic E-state index is 13.9. The number of halogens is 1. The van der Waals surface area contributed by atoms with Gasteiger partial charge in [-0.2, -0.15) is 0 Å². The summed E-state index contributed by atoms with van der Waals surface area (Å²) in [6.07, 6.45) is 4.90. The summed E-state index contributed by atoms with van der Waals surface area (Å²) < 4.78 is 19.3. The van der Waals surface area contributed by atoms with E-state index in [-0.39, 0.29) is 5.82 Å². The molecule has 2 N–H and O–H groups in total. The Morgan fingerprint density at radius 1 is 1.33 bits per heavy atom. The predicted molar refractivity (Wildman–Crippen MR) is 86.4 cm³/mol. The minimum absolute atomic E-state index is 0.299. The van der Waals surface area contributed by atoms with Crippen LogP contribution >= 0.6 is 0 Å². The number of nitrogens with two attached hydrogens (primary N) is 1. The summed E-state index contributed by atoms with van der Waals surface area (Å²) in [6.45, 7) is 7.65. The van der Waals surface area contributed by atoms with E-state index in [2.05, 4.69) is 18.7 Å². The molecule has 1 aromatic carbocycles. The van der Waals surface area contributed by atoms with Crippen LogP contribution in [0.25, 0.3) is 0 Å². The Bertz CT molecular complexity index is 470. The number of anilines is 2. The fourth-order valence-corrected chi connectivity index (χ4v) is 3.13. The van der Waals surface area contributed by atoms with Crippen LogP contribution < -0.4 is 15.4 Å². The second kappa shape index (κ2) is 7.01. The molecule has 0 amide bonds. The molecule has 0 saturated heterocycles. The zero-order valence-corrected chi connectivity index (χ0v) is 13.4. The van der Waals surface area contributed by atoms with E-state index in [1.54, 1.807) is 6.07 Å². The number of nitrogen functional groups attached to an aromatic ring is 1. The molecular formula is C17H27FN2O. The van der Waals surface area contributed by atoms with Gasteiger partial charge in [-0.15, -0.1) is 0 Å². The van der Waals surface area contributed by atoms with Gasteiger partial charge in [0.15, 0.2) is 11.6 Å². The molecule has 0 heterocycles. The molecule has 2 rings (SSSR count). The van der Waals surface area contributed by atoms with Crippen LogP contribution in [-0.4, -0.2) is 19.2 Å². The summed E-state index contributed by atoms with van der Waals surface area (Å²) in [5.74, 6) is 0.452. The molecule has 3 nitrogen and oxygen atoms in total. The van der Waals surface area contributed by atoms with Crippen molar-refractivity contribution in [3.8, 4) is 5.75 Å². The van der Waals surface area contributed by atoms with Crippen molar-refractivity contribution in [1.82, 2.24) is 0 Å². The Morgan fingerprint density at radius 2 is 2.00 bits per heavy atom. The Kier molecular flexibility index (Phi) is 5.32. The van der Waals surface area contributed by atoms with Crippen LogP contribution in [-0.2, 0) is 0 Å². The van der Waals surface area contributed by atoms with Gasteiger partial charge >= 0.3 is 0 Å². The first kappa shape index (κ1) is 15.9. The van der Waals surface area contributed by atoms with Crippen molar-refractivity contribution in [2.75, 3.05) is 23.8 Å². The van der Waals surface area contributed by atoms with E-state index in [1.807, 2.05) is 6.92 Å². The van der Waals surface area contributed by atoms with Gasteiger partial charge in [-0.05, 0) is 25.7 Å². The van der Waals surface area contributed by atoms with Gasteiger partial charge in [0.05, 0.1) is 18.0 Å². The summed E-state index contributed by atoms with van der Waals surface area (Å²) in [7, 11) is 0. The number of nitrogens with zero attached hydrogens (tertiary/aromatic N) is 1. The number of ether oxygens (including phenoxy) is 1. The average molecular weight is 294 g/mol. The summed E-state index contributed by atoms with van der Waals surface area (Å²) >= 11 is 0. The number of hydrogen-bond acceptors (Lipinski definition) is 3. The van der Waals surface area contributed by atoms with Crippen molar-refractivity contribution in [2.45, 2.75) is 52.5 Å². The molecular weight excluding hydrogens is 267 g/mol. The second-order valence-corrected chi connectivity index (χ2v) is 6.26. The minimum atomic E-state index is -0.381. The van der Waals surface area contributed by atoms with E-state index in [1.165, 1.54) is 31.7 Å². The average Bonchev–Trinajstić information content (AvgIpc) is 2.93. The van der Waals surface area contributed by atoms with Crippen LogP contribution in [0.2, 0.25) is 0 Å². The van der Waals surface area contributed by atoms with Gasteiger partial charge in [-0.3, -0.25) is 0 Å². The molecule has 0 spiro atoms. The maximum atomic E-state index is 13.9. The molecule has 118 valence electrons. The molecule has 1 aromatic rings. The van der Waals surface area contributed by atoms with Crippen LogP contribution in [0.4, 0.5) is 15.8 Å². The molecule has 0 atom stereocenters. The van der Waals surface area contributed by atoms with Crippen LogP contribution in [0, 0.1) is 11.7 Å². The molecule has 0 bridgehead atoms. The third-order valence-electron chi connectivity index (χ3n) is 4.02. The monoisotopic (exact) mass is 294 g/mol. The molecule has 1 fully saturated rings. The van der Waals surface area contributed by atoms with E-state index in [9.17, 15) is 4.39 Å². The highest BCUT2D eigenvalue weighted by atomic mass is 19.1. The lowest BCUT2D eigenvalue weighted by atomic mass is 10.1. The Balaban J connectivity index is 2.35. The first-order valence-corrected chi connectivity index (χ1v) is 8.01. The fourth-order valence-electron chi connectivity index (χ4n) is 3.13. The van der Waals surface area contributed by atoms with Gasteiger partial charge in [0.1, 0.15) is 0 Å². The van der Waals surface area contributed by atoms with Crippen molar-refractivity contribution in [2.24, 2.45) is 5.92 Å². The van der Waals surface area contributed by atoms with Gasteiger partial charge in [-0.25, -0.2) is 4.39 Å². The molecule has 1 aliphatic carbocycles. The topological polar surface area (TPSA) is 38.5 Å². The fraction of sp³-hybridized carbons (Fsp3) is 0.647. The quantitative estimate of drug-likeness (QED) is 0.799. The summed E-state index contributed by atoms with van der Waals surface area (Å²) in [6, 6.07) is 3.67. The summed E-state index contributed by atoms with van der Waals surface area (Å²) in [5.41, 5.74) is 7.51. The highest BCUT2D eigenvalue weighted by Crippen LogP contribution is 2.36. The Labute approximate surface area is 127 Å². The zero-order valence-electron chi connectivity index (χ0n) is 13.4. The lowest BCUT2D eigenvalue weighted by Crippen LogP contribution is -2.36. The van der Waals surface area contributed by atoms with Crippen LogP contribution in [0.1, 0.15) is 46.5 Å². The summed E-state index contributed by atoms with van der Waals surface area (Å²) in [5, 5.41) is 0. The van der Waals surface area contributed by atoms with Crippen LogP contribution in [0.5, 0.6) is 5.75 Å². The molecule has 21 heavy (non-hydrogen) atoms. The molecule has 1 saturated carbocycles. The van der Waals surface area contributed by atoms with Crippen molar-refractivity contribution < 1.29 is 9.13 Å². The van der Waals surface area contributed by atoms with E-state index in [0.717, 1.165) is 12.2 Å². The smallest absolute Gasteiger partial charge is 0.167 e. The predicted octanol–water partition coefficient (Wildman–Crippen LogP) is 4.21. The first-order chi connectivity index (χ1) is 10.0. The van der Waals surface area contributed by atoms with Crippen molar-refractivity contribution >= 4 is 11.4 Å². The highest BCUT2D eigenvalue weighted by molar-refractivity contribution is 5.70. The largest absolute Gasteiger partial charge is 0.491 e. The molecule has 1 aliphatic rings. The lowest BCUT2D eigenvalue weighted by molar-refractivity contribution is 0.321. The second-order valence-electron chi connectivity index (χ2n) is 6.26.